The lowest BCUT2D eigenvalue weighted by Gasteiger charge is -2.20. The molecule has 1 aromatic heterocycles. The number of aliphatic hydroxyl groups is 1. The van der Waals surface area contributed by atoms with E-state index in [9.17, 15) is 5.11 Å². The van der Waals surface area contributed by atoms with Gasteiger partial charge in [0.25, 0.3) is 0 Å². The number of methoxy groups -OCH3 is 1. The third-order valence-corrected chi connectivity index (χ3v) is 2.81. The van der Waals surface area contributed by atoms with Crippen molar-refractivity contribution in [2.45, 2.75) is 31.5 Å². The summed E-state index contributed by atoms with van der Waals surface area (Å²) in [5, 5.41) is 17.8. The van der Waals surface area contributed by atoms with E-state index in [1.807, 2.05) is 13.2 Å². The Hall–Kier alpha value is -0.940. The zero-order valence-corrected chi connectivity index (χ0v) is 9.13. The number of hydrogen-bond acceptors (Lipinski definition) is 4. The molecule has 84 valence electrons. The molecule has 0 aliphatic heterocycles. The summed E-state index contributed by atoms with van der Waals surface area (Å²) in [7, 11) is 3.47. The summed E-state index contributed by atoms with van der Waals surface area (Å²) in [5.41, 5.74) is 0.813. The normalized spacial score (nSPS) is 20.2. The molecule has 1 N–H and O–H groups in total. The molecule has 1 aliphatic carbocycles. The Balaban J connectivity index is 1.92. The van der Waals surface area contributed by atoms with Gasteiger partial charge in [0.05, 0.1) is 17.9 Å². The van der Waals surface area contributed by atoms with Crippen molar-refractivity contribution in [3.63, 3.8) is 0 Å². The van der Waals surface area contributed by atoms with Gasteiger partial charge in [0.15, 0.2) is 0 Å². The third kappa shape index (κ3) is 2.54. The topological polar surface area (TPSA) is 60.2 Å². The monoisotopic (exact) mass is 211 g/mol. The van der Waals surface area contributed by atoms with Gasteiger partial charge < -0.3 is 9.84 Å². The van der Waals surface area contributed by atoms with Crippen LogP contribution >= 0.6 is 0 Å². The molecule has 1 aliphatic rings. The van der Waals surface area contributed by atoms with Gasteiger partial charge in [-0.3, -0.25) is 4.68 Å². The summed E-state index contributed by atoms with van der Waals surface area (Å²) in [6, 6.07) is 0. The Kier molecular flexibility index (Phi) is 3.02. The van der Waals surface area contributed by atoms with Gasteiger partial charge >= 0.3 is 0 Å². The van der Waals surface area contributed by atoms with Gasteiger partial charge in [-0.25, -0.2) is 0 Å². The van der Waals surface area contributed by atoms with E-state index in [4.69, 9.17) is 4.74 Å². The molecule has 0 spiro atoms. The molecule has 1 aromatic rings. The largest absolute Gasteiger partial charge is 0.390 e. The van der Waals surface area contributed by atoms with E-state index in [0.29, 0.717) is 12.3 Å². The second-order valence-corrected chi connectivity index (χ2v) is 4.19. The standard InChI is InChI=1S/C10H17N3O2/c1-13-6-8(11-12-13)5-9(14)10(15-2)7-3-4-7/h6-7,9-10,14H,3-5H2,1-2H3. The lowest BCUT2D eigenvalue weighted by molar-refractivity contribution is -0.0241. The fourth-order valence-corrected chi connectivity index (χ4v) is 1.91. The number of aryl methyl sites for hydroxylation is 1. The number of rotatable bonds is 5. The van der Waals surface area contributed by atoms with E-state index in [-0.39, 0.29) is 6.10 Å². The van der Waals surface area contributed by atoms with Gasteiger partial charge in [0.2, 0.25) is 0 Å². The second-order valence-electron chi connectivity index (χ2n) is 4.19. The summed E-state index contributed by atoms with van der Waals surface area (Å²) in [4.78, 5) is 0. The molecule has 2 rings (SSSR count). The van der Waals surface area contributed by atoms with Crippen LogP contribution < -0.4 is 0 Å². The fourth-order valence-electron chi connectivity index (χ4n) is 1.91. The van der Waals surface area contributed by atoms with Gasteiger partial charge in [0, 0.05) is 26.8 Å². The first-order valence-corrected chi connectivity index (χ1v) is 5.26. The summed E-state index contributed by atoms with van der Waals surface area (Å²) in [6.07, 6.45) is 4.14. The first-order chi connectivity index (χ1) is 7.20. The van der Waals surface area contributed by atoms with Crippen LogP contribution in [0.15, 0.2) is 6.20 Å². The van der Waals surface area contributed by atoms with Gasteiger partial charge in [-0.1, -0.05) is 5.21 Å². The maximum atomic E-state index is 9.98. The van der Waals surface area contributed by atoms with Crippen LogP contribution in [0.4, 0.5) is 0 Å². The molecule has 0 radical (unpaired) electrons. The van der Waals surface area contributed by atoms with E-state index in [1.54, 1.807) is 11.8 Å². The van der Waals surface area contributed by atoms with E-state index in [0.717, 1.165) is 18.5 Å². The maximum Gasteiger partial charge on any atom is 0.0862 e. The quantitative estimate of drug-likeness (QED) is 0.752. The van der Waals surface area contributed by atoms with Crippen LogP contribution in [0.25, 0.3) is 0 Å². The smallest absolute Gasteiger partial charge is 0.0862 e. The lowest BCUT2D eigenvalue weighted by atomic mass is 10.0. The van der Waals surface area contributed by atoms with Gasteiger partial charge in [-0.15, -0.1) is 5.10 Å². The Bertz CT molecular complexity index is 322. The predicted molar refractivity (Wildman–Crippen MR) is 54.2 cm³/mol. The SMILES string of the molecule is COC(C(O)Cc1cn(C)nn1)C1CC1. The molecule has 0 bridgehead atoms. The third-order valence-electron chi connectivity index (χ3n) is 2.81. The van der Waals surface area contributed by atoms with Crippen LogP contribution in [0.2, 0.25) is 0 Å². The van der Waals surface area contributed by atoms with Crippen LogP contribution in [-0.2, 0) is 18.2 Å². The number of nitrogens with zero attached hydrogens (tertiary/aromatic N) is 3. The Morgan fingerprint density at radius 1 is 1.67 bits per heavy atom. The zero-order valence-electron chi connectivity index (χ0n) is 9.13. The molecule has 0 amide bonds. The summed E-state index contributed by atoms with van der Waals surface area (Å²) in [6.45, 7) is 0. The van der Waals surface area contributed by atoms with Gasteiger partial charge in [-0.2, -0.15) is 0 Å². The minimum atomic E-state index is -0.473. The molecular weight excluding hydrogens is 194 g/mol. The fraction of sp³-hybridized carbons (Fsp3) is 0.800. The van der Waals surface area contributed by atoms with Gasteiger partial charge in [-0.05, 0) is 18.8 Å². The van der Waals surface area contributed by atoms with Crippen molar-refractivity contribution in [3.8, 4) is 0 Å². The molecule has 2 unspecified atom stereocenters. The highest BCUT2D eigenvalue weighted by Crippen LogP contribution is 2.36. The summed E-state index contributed by atoms with van der Waals surface area (Å²) < 4.78 is 6.95. The van der Waals surface area contributed by atoms with Gasteiger partial charge in [0.1, 0.15) is 0 Å². The van der Waals surface area contributed by atoms with Crippen LogP contribution in [-0.4, -0.2) is 39.4 Å². The van der Waals surface area contributed by atoms with Crippen LogP contribution in [0.1, 0.15) is 18.5 Å². The van der Waals surface area contributed by atoms with Crippen molar-refractivity contribution in [1.82, 2.24) is 15.0 Å². The van der Waals surface area contributed by atoms with Crippen molar-refractivity contribution < 1.29 is 9.84 Å². The summed E-state index contributed by atoms with van der Waals surface area (Å²) in [5.74, 6) is 0.529. The highest BCUT2D eigenvalue weighted by Gasteiger charge is 2.36. The molecule has 15 heavy (non-hydrogen) atoms. The van der Waals surface area contributed by atoms with Crippen molar-refractivity contribution in [2.24, 2.45) is 13.0 Å². The molecule has 0 aromatic carbocycles. The van der Waals surface area contributed by atoms with E-state index in [1.165, 1.54) is 0 Å². The summed E-state index contributed by atoms with van der Waals surface area (Å²) >= 11 is 0. The highest BCUT2D eigenvalue weighted by atomic mass is 16.5. The zero-order chi connectivity index (χ0) is 10.8. The predicted octanol–water partition coefficient (Wildman–Crippen LogP) is 0.143. The van der Waals surface area contributed by atoms with E-state index >= 15 is 0 Å². The molecule has 1 heterocycles. The highest BCUT2D eigenvalue weighted by molar-refractivity contribution is 4.98. The molecular formula is C10H17N3O2. The molecule has 0 saturated heterocycles. The molecule has 5 heteroatoms. The molecule has 1 saturated carbocycles. The lowest BCUT2D eigenvalue weighted by Crippen LogP contribution is -2.31. The average Bonchev–Trinajstić information content (AvgIpc) is 2.93. The average molecular weight is 211 g/mol. The maximum absolute atomic E-state index is 9.98. The first kappa shape index (κ1) is 10.6. The van der Waals surface area contributed by atoms with Crippen molar-refractivity contribution >= 4 is 0 Å². The Morgan fingerprint density at radius 3 is 2.87 bits per heavy atom. The van der Waals surface area contributed by atoms with E-state index < -0.39 is 6.10 Å². The number of aromatic nitrogens is 3. The van der Waals surface area contributed by atoms with Crippen LogP contribution in [0, 0.1) is 5.92 Å². The van der Waals surface area contributed by atoms with E-state index in [2.05, 4.69) is 10.3 Å². The second kappa shape index (κ2) is 4.28. The first-order valence-electron chi connectivity index (χ1n) is 5.26. The van der Waals surface area contributed by atoms with Crippen LogP contribution in [0.3, 0.4) is 0 Å². The van der Waals surface area contributed by atoms with Crippen molar-refractivity contribution in [3.05, 3.63) is 11.9 Å². The minimum Gasteiger partial charge on any atom is -0.390 e. The molecule has 1 fully saturated rings. The number of hydrogen-bond donors (Lipinski definition) is 1. The van der Waals surface area contributed by atoms with Crippen molar-refractivity contribution in [2.75, 3.05) is 7.11 Å². The Labute approximate surface area is 89.0 Å². The van der Waals surface area contributed by atoms with Crippen LogP contribution in [0.5, 0.6) is 0 Å². The molecule has 2 atom stereocenters. The Morgan fingerprint density at radius 2 is 2.40 bits per heavy atom. The minimum absolute atomic E-state index is 0.0491. The molecule has 5 nitrogen and oxygen atoms in total. The van der Waals surface area contributed by atoms with Crippen molar-refractivity contribution in [1.29, 1.82) is 0 Å². The number of ether oxygens (including phenoxy) is 1. The number of aliphatic hydroxyl groups excluding tert-OH is 1.